The zero-order valence-electron chi connectivity index (χ0n) is 13.9. The first-order chi connectivity index (χ1) is 10.7. The molecule has 0 saturated heterocycles. The molecular weight excluding hydrogens is 296 g/mol. The van der Waals surface area contributed by atoms with Crippen molar-refractivity contribution in [3.05, 3.63) is 29.8 Å². The molecule has 0 bridgehead atoms. The third-order valence-corrected chi connectivity index (χ3v) is 3.27. The number of amides is 3. The number of carbonyl (C=O) groups excluding carboxylic acids is 3. The first-order valence-corrected chi connectivity index (χ1v) is 7.37. The second-order valence-corrected chi connectivity index (χ2v) is 5.81. The van der Waals surface area contributed by atoms with Gasteiger partial charge in [-0.25, -0.2) is 0 Å². The number of rotatable bonds is 6. The summed E-state index contributed by atoms with van der Waals surface area (Å²) < 4.78 is 0. The lowest BCUT2D eigenvalue weighted by Crippen LogP contribution is -2.46. The highest BCUT2D eigenvalue weighted by Gasteiger charge is 2.17. The van der Waals surface area contributed by atoms with E-state index in [1.165, 1.54) is 4.90 Å². The van der Waals surface area contributed by atoms with Crippen LogP contribution in [0.15, 0.2) is 24.3 Å². The normalized spacial score (nSPS) is 11.7. The fraction of sp³-hybridized carbons (Fsp3) is 0.438. The summed E-state index contributed by atoms with van der Waals surface area (Å²) in [5.41, 5.74) is 6.77. The number of benzene rings is 1. The summed E-state index contributed by atoms with van der Waals surface area (Å²) in [5, 5.41) is 5.13. The molecule has 1 aromatic carbocycles. The SMILES string of the molecule is CC(C)[C@H](N)C(=O)NCC(=O)Nc1ccc(C(=O)N(C)C)cc1. The van der Waals surface area contributed by atoms with E-state index in [-0.39, 0.29) is 30.2 Å². The maximum absolute atomic E-state index is 11.8. The van der Waals surface area contributed by atoms with E-state index < -0.39 is 6.04 Å². The van der Waals surface area contributed by atoms with Gasteiger partial charge in [0.25, 0.3) is 5.91 Å². The molecule has 3 amide bonds. The molecule has 1 aromatic rings. The maximum Gasteiger partial charge on any atom is 0.253 e. The van der Waals surface area contributed by atoms with Crippen molar-refractivity contribution in [3.63, 3.8) is 0 Å². The molecule has 23 heavy (non-hydrogen) atoms. The van der Waals surface area contributed by atoms with Gasteiger partial charge < -0.3 is 21.3 Å². The van der Waals surface area contributed by atoms with Gasteiger partial charge in [-0.2, -0.15) is 0 Å². The van der Waals surface area contributed by atoms with Gasteiger partial charge in [0.1, 0.15) is 0 Å². The van der Waals surface area contributed by atoms with Crippen LogP contribution in [0.4, 0.5) is 5.69 Å². The molecular formula is C16H24N4O3. The first-order valence-electron chi connectivity index (χ1n) is 7.37. The van der Waals surface area contributed by atoms with Crippen molar-refractivity contribution >= 4 is 23.4 Å². The number of nitrogens with zero attached hydrogens (tertiary/aromatic N) is 1. The van der Waals surface area contributed by atoms with Gasteiger partial charge in [0.15, 0.2) is 0 Å². The first kappa shape index (κ1) is 18.6. The Hall–Kier alpha value is -2.41. The Kier molecular flexibility index (Phi) is 6.71. The topological polar surface area (TPSA) is 105 Å². The van der Waals surface area contributed by atoms with Crippen LogP contribution in [0.25, 0.3) is 0 Å². The summed E-state index contributed by atoms with van der Waals surface area (Å²) in [6, 6.07) is 5.89. The van der Waals surface area contributed by atoms with Crippen LogP contribution in [0.5, 0.6) is 0 Å². The van der Waals surface area contributed by atoms with Crippen LogP contribution in [0, 0.1) is 5.92 Å². The molecule has 0 aliphatic carbocycles. The Labute approximate surface area is 136 Å². The Morgan fingerprint density at radius 1 is 1.13 bits per heavy atom. The molecule has 0 spiro atoms. The van der Waals surface area contributed by atoms with Gasteiger partial charge in [-0.05, 0) is 30.2 Å². The number of hydrogen-bond donors (Lipinski definition) is 3. The lowest BCUT2D eigenvalue weighted by Gasteiger charge is -2.15. The van der Waals surface area contributed by atoms with Crippen LogP contribution >= 0.6 is 0 Å². The van der Waals surface area contributed by atoms with E-state index >= 15 is 0 Å². The second kappa shape index (κ2) is 8.28. The minimum absolute atomic E-state index is 0.000149. The smallest absolute Gasteiger partial charge is 0.253 e. The third-order valence-electron chi connectivity index (χ3n) is 3.27. The summed E-state index contributed by atoms with van der Waals surface area (Å²) in [7, 11) is 3.34. The fourth-order valence-corrected chi connectivity index (χ4v) is 1.75. The van der Waals surface area contributed by atoms with E-state index in [1.54, 1.807) is 38.4 Å². The van der Waals surface area contributed by atoms with E-state index in [0.29, 0.717) is 11.3 Å². The second-order valence-electron chi connectivity index (χ2n) is 5.81. The van der Waals surface area contributed by atoms with Gasteiger partial charge in [0.05, 0.1) is 12.6 Å². The summed E-state index contributed by atoms with van der Waals surface area (Å²) in [4.78, 5) is 36.7. The fourth-order valence-electron chi connectivity index (χ4n) is 1.75. The van der Waals surface area contributed by atoms with E-state index in [1.807, 2.05) is 13.8 Å². The molecule has 1 atom stereocenters. The largest absolute Gasteiger partial charge is 0.346 e. The molecule has 7 heteroatoms. The van der Waals surface area contributed by atoms with Crippen LogP contribution in [0.2, 0.25) is 0 Å². The third kappa shape index (κ3) is 5.71. The van der Waals surface area contributed by atoms with E-state index in [0.717, 1.165) is 0 Å². The lowest BCUT2D eigenvalue weighted by atomic mass is 10.1. The molecule has 0 heterocycles. The lowest BCUT2D eigenvalue weighted by molar-refractivity contribution is -0.125. The van der Waals surface area contributed by atoms with E-state index in [4.69, 9.17) is 5.73 Å². The highest BCUT2D eigenvalue weighted by atomic mass is 16.2. The van der Waals surface area contributed by atoms with Crippen molar-refractivity contribution < 1.29 is 14.4 Å². The van der Waals surface area contributed by atoms with Crippen molar-refractivity contribution in [1.29, 1.82) is 0 Å². The highest BCUT2D eigenvalue weighted by Crippen LogP contribution is 2.10. The van der Waals surface area contributed by atoms with Gasteiger partial charge in [0, 0.05) is 25.3 Å². The molecule has 4 N–H and O–H groups in total. The van der Waals surface area contributed by atoms with Gasteiger partial charge in [-0.15, -0.1) is 0 Å². The van der Waals surface area contributed by atoms with Gasteiger partial charge >= 0.3 is 0 Å². The molecule has 0 aliphatic rings. The molecule has 126 valence electrons. The van der Waals surface area contributed by atoms with Crippen molar-refractivity contribution in [3.8, 4) is 0 Å². The molecule has 0 unspecified atom stereocenters. The standard InChI is InChI=1S/C16H24N4O3/c1-10(2)14(17)15(22)18-9-13(21)19-12-7-5-11(6-8-12)16(23)20(3)4/h5-8,10,14H,9,17H2,1-4H3,(H,18,22)(H,19,21)/t14-/m0/s1. The summed E-state index contributed by atoms with van der Waals surface area (Å²) >= 11 is 0. The number of nitrogens with two attached hydrogens (primary N) is 1. The Bertz CT molecular complexity index is 567. The molecule has 0 saturated carbocycles. The predicted molar refractivity (Wildman–Crippen MR) is 88.9 cm³/mol. The summed E-state index contributed by atoms with van der Waals surface area (Å²) in [5.74, 6) is -0.833. The van der Waals surface area contributed by atoms with Crippen LogP contribution in [0.3, 0.4) is 0 Å². The van der Waals surface area contributed by atoms with Crippen molar-refractivity contribution in [2.75, 3.05) is 26.0 Å². The number of nitrogens with one attached hydrogen (secondary N) is 2. The minimum Gasteiger partial charge on any atom is -0.346 e. The van der Waals surface area contributed by atoms with Gasteiger partial charge in [-0.3, -0.25) is 14.4 Å². The zero-order valence-corrected chi connectivity index (χ0v) is 13.9. The number of hydrogen-bond acceptors (Lipinski definition) is 4. The quantitative estimate of drug-likeness (QED) is 0.707. The van der Waals surface area contributed by atoms with Crippen molar-refractivity contribution in [1.82, 2.24) is 10.2 Å². The number of anilines is 1. The maximum atomic E-state index is 11.8. The van der Waals surface area contributed by atoms with Crippen molar-refractivity contribution in [2.45, 2.75) is 19.9 Å². The summed E-state index contributed by atoms with van der Waals surface area (Å²) in [6.07, 6.45) is 0. The molecule has 0 fully saturated rings. The van der Waals surface area contributed by atoms with Crippen LogP contribution < -0.4 is 16.4 Å². The van der Waals surface area contributed by atoms with Gasteiger partial charge in [-0.1, -0.05) is 13.8 Å². The summed E-state index contributed by atoms with van der Waals surface area (Å²) in [6.45, 7) is 3.51. The molecule has 0 aromatic heterocycles. The van der Waals surface area contributed by atoms with Crippen LogP contribution in [0.1, 0.15) is 24.2 Å². The Morgan fingerprint density at radius 3 is 2.17 bits per heavy atom. The molecule has 7 nitrogen and oxygen atoms in total. The molecule has 1 rings (SSSR count). The monoisotopic (exact) mass is 320 g/mol. The highest BCUT2D eigenvalue weighted by molar-refractivity contribution is 5.97. The molecule has 0 aliphatic heterocycles. The van der Waals surface area contributed by atoms with E-state index in [9.17, 15) is 14.4 Å². The zero-order chi connectivity index (χ0) is 17.6. The average Bonchev–Trinajstić information content (AvgIpc) is 2.51. The van der Waals surface area contributed by atoms with Gasteiger partial charge in [0.2, 0.25) is 11.8 Å². The predicted octanol–water partition coefficient (Wildman–Crippen LogP) is 0.426. The minimum atomic E-state index is -0.640. The molecule has 0 radical (unpaired) electrons. The van der Waals surface area contributed by atoms with E-state index in [2.05, 4.69) is 10.6 Å². The number of carbonyl (C=O) groups is 3. The van der Waals surface area contributed by atoms with Crippen molar-refractivity contribution in [2.24, 2.45) is 11.7 Å². The Morgan fingerprint density at radius 2 is 1.70 bits per heavy atom. The van der Waals surface area contributed by atoms with Crippen LogP contribution in [-0.2, 0) is 9.59 Å². The Balaban J connectivity index is 2.52. The average molecular weight is 320 g/mol. The van der Waals surface area contributed by atoms with Crippen LogP contribution in [-0.4, -0.2) is 49.3 Å².